The predicted molar refractivity (Wildman–Crippen MR) is 98.1 cm³/mol. The summed E-state index contributed by atoms with van der Waals surface area (Å²) in [5.74, 6) is 0.456. The number of ether oxygens (including phenoxy) is 1. The zero-order valence-corrected chi connectivity index (χ0v) is 14.8. The number of rotatable bonds is 7. The molecule has 25 heavy (non-hydrogen) atoms. The molecule has 0 radical (unpaired) electrons. The molecule has 0 saturated carbocycles. The summed E-state index contributed by atoms with van der Waals surface area (Å²) >= 11 is 0. The zero-order valence-electron chi connectivity index (χ0n) is 14.8. The topological polar surface area (TPSA) is 71.9 Å². The maximum Gasteiger partial charge on any atom is 0.279 e. The number of nitrogens with one attached hydrogen (secondary N) is 3. The number of carbonyl (C=O) groups is 2. The number of hydrogen-bond donors (Lipinski definition) is 3. The van der Waals surface area contributed by atoms with Crippen molar-refractivity contribution in [3.63, 3.8) is 0 Å². The second-order valence-electron chi connectivity index (χ2n) is 6.00. The molecule has 1 atom stereocenters. The lowest BCUT2D eigenvalue weighted by molar-refractivity contribution is -0.862. The van der Waals surface area contributed by atoms with Gasteiger partial charge in [-0.2, -0.15) is 0 Å². The molecule has 2 amide bonds. The Balaban J connectivity index is 1.77. The smallest absolute Gasteiger partial charge is 0.279 e. The van der Waals surface area contributed by atoms with E-state index in [1.54, 1.807) is 31.4 Å². The van der Waals surface area contributed by atoms with Crippen LogP contribution in [0.25, 0.3) is 0 Å². The highest BCUT2D eigenvalue weighted by Gasteiger charge is 2.14. The lowest BCUT2D eigenvalue weighted by atomic mass is 10.2. The molecule has 2 rings (SSSR count). The molecule has 0 saturated heterocycles. The fraction of sp³-hybridized carbons (Fsp3) is 0.263. The van der Waals surface area contributed by atoms with Gasteiger partial charge in [-0.25, -0.2) is 0 Å². The average Bonchev–Trinajstić information content (AvgIpc) is 2.57. The molecule has 2 aromatic carbocycles. The van der Waals surface area contributed by atoms with E-state index >= 15 is 0 Å². The molecule has 0 bridgehead atoms. The quantitative estimate of drug-likeness (QED) is 0.705. The monoisotopic (exact) mass is 342 g/mol. The maximum absolute atomic E-state index is 12.1. The van der Waals surface area contributed by atoms with Crippen LogP contribution in [0.4, 0.5) is 11.4 Å². The summed E-state index contributed by atoms with van der Waals surface area (Å²) in [4.78, 5) is 24.9. The highest BCUT2D eigenvalue weighted by atomic mass is 16.5. The van der Waals surface area contributed by atoms with Gasteiger partial charge in [-0.05, 0) is 43.3 Å². The average molecular weight is 342 g/mol. The summed E-state index contributed by atoms with van der Waals surface area (Å²) in [6, 6.07) is 14.7. The number of methoxy groups -OCH3 is 1. The Morgan fingerprint density at radius 1 is 0.880 bits per heavy atom. The van der Waals surface area contributed by atoms with E-state index in [4.69, 9.17) is 4.74 Å². The Kier molecular flexibility index (Phi) is 6.54. The minimum absolute atomic E-state index is 0.126. The standard InChI is InChI=1S/C19H23N3O3/c1-14-4-6-15(7-5-14)20-18(23)12-22(2)13-19(24)21-16-8-10-17(25-3)11-9-16/h4-11H,12-13H2,1-3H3,(H,20,23)(H,21,24)/p+1. The van der Waals surface area contributed by atoms with Gasteiger partial charge in [-0.3, -0.25) is 9.59 Å². The van der Waals surface area contributed by atoms with Gasteiger partial charge in [0.05, 0.1) is 14.2 Å². The molecular formula is C19H24N3O3+. The van der Waals surface area contributed by atoms with Crippen LogP contribution in [-0.2, 0) is 9.59 Å². The van der Waals surface area contributed by atoms with Crippen LogP contribution >= 0.6 is 0 Å². The molecule has 2 aromatic rings. The Morgan fingerprint density at radius 3 is 1.76 bits per heavy atom. The highest BCUT2D eigenvalue weighted by Crippen LogP contribution is 2.14. The number of aryl methyl sites for hydroxylation is 1. The summed E-state index contributed by atoms with van der Waals surface area (Å²) in [7, 11) is 3.40. The third-order valence-corrected chi connectivity index (χ3v) is 3.63. The molecule has 0 spiro atoms. The number of benzene rings is 2. The van der Waals surface area contributed by atoms with Crippen molar-refractivity contribution in [2.75, 3.05) is 37.9 Å². The van der Waals surface area contributed by atoms with Crippen LogP contribution in [-0.4, -0.2) is 39.1 Å². The van der Waals surface area contributed by atoms with Crippen LogP contribution in [0.1, 0.15) is 5.56 Å². The maximum atomic E-state index is 12.1. The zero-order chi connectivity index (χ0) is 18.2. The SMILES string of the molecule is COc1ccc(NC(=O)C[NH+](C)CC(=O)Nc2ccc(C)cc2)cc1. The van der Waals surface area contributed by atoms with Crippen LogP contribution in [0.2, 0.25) is 0 Å². The molecule has 0 fully saturated rings. The lowest BCUT2D eigenvalue weighted by Gasteiger charge is -2.14. The molecular weight excluding hydrogens is 318 g/mol. The van der Waals surface area contributed by atoms with Crippen LogP contribution in [0.15, 0.2) is 48.5 Å². The van der Waals surface area contributed by atoms with Crippen molar-refractivity contribution in [1.82, 2.24) is 0 Å². The van der Waals surface area contributed by atoms with Crippen LogP contribution in [0.5, 0.6) is 5.75 Å². The van der Waals surface area contributed by atoms with Crippen LogP contribution in [0.3, 0.4) is 0 Å². The molecule has 3 N–H and O–H groups in total. The van der Waals surface area contributed by atoms with E-state index in [9.17, 15) is 9.59 Å². The van der Waals surface area contributed by atoms with E-state index in [2.05, 4.69) is 10.6 Å². The van der Waals surface area contributed by atoms with Gasteiger partial charge in [-0.15, -0.1) is 0 Å². The van der Waals surface area contributed by atoms with Crippen molar-refractivity contribution in [1.29, 1.82) is 0 Å². The molecule has 0 heterocycles. The first kappa shape index (κ1) is 18.5. The second-order valence-corrected chi connectivity index (χ2v) is 6.00. The summed E-state index contributed by atoms with van der Waals surface area (Å²) in [5.41, 5.74) is 2.59. The minimum atomic E-state index is -0.147. The van der Waals surface area contributed by atoms with E-state index in [1.165, 1.54) is 0 Å². The number of carbonyl (C=O) groups excluding carboxylic acids is 2. The largest absolute Gasteiger partial charge is 0.497 e. The Hall–Kier alpha value is -2.86. The van der Waals surface area contributed by atoms with Gasteiger partial charge < -0.3 is 20.3 Å². The normalized spacial score (nSPS) is 11.5. The van der Waals surface area contributed by atoms with Crippen molar-refractivity contribution >= 4 is 23.2 Å². The number of hydrogen-bond acceptors (Lipinski definition) is 3. The van der Waals surface area contributed by atoms with Crippen molar-refractivity contribution in [3.05, 3.63) is 54.1 Å². The number of quaternary nitrogens is 1. The highest BCUT2D eigenvalue weighted by molar-refractivity contribution is 5.93. The molecule has 132 valence electrons. The molecule has 6 nitrogen and oxygen atoms in total. The van der Waals surface area contributed by atoms with Gasteiger partial charge >= 0.3 is 0 Å². The third-order valence-electron chi connectivity index (χ3n) is 3.63. The van der Waals surface area contributed by atoms with Gasteiger partial charge in [0, 0.05) is 11.4 Å². The predicted octanol–water partition coefficient (Wildman–Crippen LogP) is 1.10. The van der Waals surface area contributed by atoms with Gasteiger partial charge in [0.15, 0.2) is 13.1 Å². The molecule has 0 aliphatic heterocycles. The summed E-state index contributed by atoms with van der Waals surface area (Å²) in [6.45, 7) is 2.40. The molecule has 1 unspecified atom stereocenters. The van der Waals surface area contributed by atoms with Crippen molar-refractivity contribution in [2.45, 2.75) is 6.92 Å². The number of amides is 2. The number of anilines is 2. The van der Waals surface area contributed by atoms with Crippen molar-refractivity contribution in [2.24, 2.45) is 0 Å². The third kappa shape index (κ3) is 6.27. The Morgan fingerprint density at radius 2 is 1.32 bits per heavy atom. The summed E-state index contributed by atoms with van der Waals surface area (Å²) < 4.78 is 5.08. The summed E-state index contributed by atoms with van der Waals surface area (Å²) in [6.07, 6.45) is 0. The van der Waals surface area contributed by atoms with Crippen LogP contribution in [0, 0.1) is 6.92 Å². The second kappa shape index (κ2) is 8.84. The van der Waals surface area contributed by atoms with Crippen molar-refractivity contribution in [3.8, 4) is 5.75 Å². The summed E-state index contributed by atoms with van der Waals surface area (Å²) in [5, 5.41) is 5.64. The van der Waals surface area contributed by atoms with Gasteiger partial charge in [0.25, 0.3) is 11.8 Å². The Labute approximate surface area is 147 Å². The molecule has 6 heteroatoms. The van der Waals surface area contributed by atoms with E-state index in [1.807, 2.05) is 38.2 Å². The lowest BCUT2D eigenvalue weighted by Crippen LogP contribution is -3.11. The van der Waals surface area contributed by atoms with E-state index in [0.717, 1.165) is 21.9 Å². The molecule has 0 aromatic heterocycles. The first-order valence-electron chi connectivity index (χ1n) is 8.08. The fourth-order valence-electron chi connectivity index (χ4n) is 2.33. The first-order chi connectivity index (χ1) is 12.0. The first-order valence-corrected chi connectivity index (χ1v) is 8.08. The fourth-order valence-corrected chi connectivity index (χ4v) is 2.33. The molecule has 0 aliphatic rings. The minimum Gasteiger partial charge on any atom is -0.497 e. The van der Waals surface area contributed by atoms with Crippen LogP contribution < -0.4 is 20.3 Å². The van der Waals surface area contributed by atoms with E-state index < -0.39 is 0 Å². The Bertz CT molecular complexity index is 712. The van der Waals surface area contributed by atoms with E-state index in [0.29, 0.717) is 5.69 Å². The van der Waals surface area contributed by atoms with Gasteiger partial charge in [0.1, 0.15) is 5.75 Å². The number of likely N-dealkylation sites (N-methyl/N-ethyl adjacent to an activating group) is 1. The van der Waals surface area contributed by atoms with Gasteiger partial charge in [0.2, 0.25) is 0 Å². The van der Waals surface area contributed by atoms with Crippen molar-refractivity contribution < 1.29 is 19.2 Å². The molecule has 0 aliphatic carbocycles. The van der Waals surface area contributed by atoms with E-state index in [-0.39, 0.29) is 24.9 Å². The van der Waals surface area contributed by atoms with Gasteiger partial charge in [-0.1, -0.05) is 17.7 Å².